The molecule has 3 heteroatoms. The molecule has 2 rings (SSSR count). The van der Waals surface area contributed by atoms with Crippen molar-refractivity contribution in [3.05, 3.63) is 29.8 Å². The summed E-state index contributed by atoms with van der Waals surface area (Å²) in [6.45, 7) is 2.29. The van der Waals surface area contributed by atoms with Gasteiger partial charge in [-0.15, -0.1) is 0 Å². The van der Waals surface area contributed by atoms with Crippen molar-refractivity contribution >= 4 is 11.6 Å². The molecule has 3 N–H and O–H groups in total. The quantitative estimate of drug-likeness (QED) is 0.813. The van der Waals surface area contributed by atoms with E-state index in [1.807, 2.05) is 12.1 Å². The van der Waals surface area contributed by atoms with Crippen LogP contribution in [0.15, 0.2) is 24.3 Å². The van der Waals surface area contributed by atoms with Gasteiger partial charge in [0.15, 0.2) is 0 Å². The Morgan fingerprint density at radius 1 is 1.21 bits per heavy atom. The second-order valence-electron chi connectivity index (χ2n) is 5.57. The van der Waals surface area contributed by atoms with E-state index in [1.54, 1.807) is 12.1 Å². The molecule has 1 aliphatic carbocycles. The van der Waals surface area contributed by atoms with E-state index in [2.05, 4.69) is 12.2 Å². The van der Waals surface area contributed by atoms with Crippen molar-refractivity contribution in [1.29, 1.82) is 0 Å². The number of anilines is 1. The van der Waals surface area contributed by atoms with Crippen molar-refractivity contribution in [1.82, 2.24) is 0 Å². The molecule has 1 saturated carbocycles. The van der Waals surface area contributed by atoms with Crippen LogP contribution >= 0.6 is 0 Å². The van der Waals surface area contributed by atoms with Crippen LogP contribution in [0, 0.1) is 5.92 Å². The molecule has 0 heterocycles. The molecule has 1 fully saturated rings. The number of amides is 1. The van der Waals surface area contributed by atoms with Gasteiger partial charge >= 0.3 is 0 Å². The van der Waals surface area contributed by atoms with E-state index < -0.39 is 0 Å². The molecule has 1 aromatic rings. The van der Waals surface area contributed by atoms with E-state index in [4.69, 9.17) is 5.73 Å². The topological polar surface area (TPSA) is 55.1 Å². The summed E-state index contributed by atoms with van der Waals surface area (Å²) in [5.74, 6) is 0.538. The maximum Gasteiger partial charge on any atom is 0.248 e. The third kappa shape index (κ3) is 3.98. The van der Waals surface area contributed by atoms with E-state index in [0.717, 1.165) is 11.6 Å². The Bertz CT molecular complexity index is 413. The summed E-state index contributed by atoms with van der Waals surface area (Å²) < 4.78 is 0. The highest BCUT2D eigenvalue weighted by atomic mass is 16.1. The average Bonchev–Trinajstić information content (AvgIpc) is 2.64. The monoisotopic (exact) mass is 260 g/mol. The second-order valence-corrected chi connectivity index (χ2v) is 5.57. The van der Waals surface area contributed by atoms with Crippen LogP contribution in [0.4, 0.5) is 5.69 Å². The first-order valence-corrected chi connectivity index (χ1v) is 7.35. The maximum absolute atomic E-state index is 11.0. The van der Waals surface area contributed by atoms with Gasteiger partial charge in [0.25, 0.3) is 0 Å². The summed E-state index contributed by atoms with van der Waals surface area (Å²) in [4.78, 5) is 11.0. The molecule has 1 aliphatic rings. The van der Waals surface area contributed by atoms with Gasteiger partial charge in [-0.3, -0.25) is 4.79 Å². The van der Waals surface area contributed by atoms with Crippen LogP contribution in [-0.4, -0.2) is 11.9 Å². The van der Waals surface area contributed by atoms with Gasteiger partial charge in [0, 0.05) is 17.3 Å². The van der Waals surface area contributed by atoms with Gasteiger partial charge in [-0.05, 0) is 49.4 Å². The van der Waals surface area contributed by atoms with E-state index >= 15 is 0 Å². The molecular weight excluding hydrogens is 236 g/mol. The number of nitrogens with one attached hydrogen (secondary N) is 1. The maximum atomic E-state index is 11.0. The molecule has 1 aromatic carbocycles. The van der Waals surface area contributed by atoms with Crippen molar-refractivity contribution in [3.8, 4) is 0 Å². The molecule has 0 saturated heterocycles. The number of hydrogen-bond acceptors (Lipinski definition) is 2. The van der Waals surface area contributed by atoms with Gasteiger partial charge in [0.1, 0.15) is 0 Å². The summed E-state index contributed by atoms with van der Waals surface area (Å²) in [5.41, 5.74) is 6.89. The predicted octanol–water partition coefficient (Wildman–Crippen LogP) is 3.56. The summed E-state index contributed by atoms with van der Waals surface area (Å²) >= 11 is 0. The molecule has 0 spiro atoms. The lowest BCUT2D eigenvalue weighted by Gasteiger charge is -2.18. The van der Waals surface area contributed by atoms with Crippen LogP contribution in [0.5, 0.6) is 0 Å². The van der Waals surface area contributed by atoms with Crippen molar-refractivity contribution in [2.24, 2.45) is 11.7 Å². The molecule has 0 aliphatic heterocycles. The van der Waals surface area contributed by atoms with Gasteiger partial charge in [0.2, 0.25) is 5.91 Å². The third-order valence-corrected chi connectivity index (χ3v) is 4.21. The molecule has 104 valence electrons. The highest BCUT2D eigenvalue weighted by Crippen LogP contribution is 2.27. The molecule has 3 nitrogen and oxygen atoms in total. The van der Waals surface area contributed by atoms with Crippen LogP contribution in [0.2, 0.25) is 0 Å². The number of hydrogen-bond donors (Lipinski definition) is 2. The highest BCUT2D eigenvalue weighted by Gasteiger charge is 2.17. The molecule has 0 radical (unpaired) electrons. The highest BCUT2D eigenvalue weighted by molar-refractivity contribution is 5.93. The van der Waals surface area contributed by atoms with Crippen LogP contribution in [0.3, 0.4) is 0 Å². The molecule has 1 amide bonds. The fourth-order valence-electron chi connectivity index (χ4n) is 2.90. The Morgan fingerprint density at radius 2 is 1.95 bits per heavy atom. The minimum Gasteiger partial charge on any atom is -0.382 e. The van der Waals surface area contributed by atoms with Crippen molar-refractivity contribution in [3.63, 3.8) is 0 Å². The standard InChI is InChI=1S/C16H24N2O/c1-2-12-4-3-5-14(9-6-12)18-15-10-7-13(8-11-15)16(17)19/h7-8,10-12,14,18H,2-6,9H2,1H3,(H2,17,19). The molecule has 0 aromatic heterocycles. The fourth-order valence-corrected chi connectivity index (χ4v) is 2.90. The summed E-state index contributed by atoms with van der Waals surface area (Å²) in [5, 5.41) is 3.58. The number of carbonyl (C=O) groups excluding carboxylic acids is 1. The number of rotatable bonds is 4. The van der Waals surface area contributed by atoms with Crippen LogP contribution in [0.1, 0.15) is 55.8 Å². The number of carbonyl (C=O) groups is 1. The Hall–Kier alpha value is -1.51. The van der Waals surface area contributed by atoms with Gasteiger partial charge in [-0.2, -0.15) is 0 Å². The third-order valence-electron chi connectivity index (χ3n) is 4.21. The SMILES string of the molecule is CCC1CCCC(Nc2ccc(C(N)=O)cc2)CC1. The number of benzene rings is 1. The van der Waals surface area contributed by atoms with Gasteiger partial charge in [0.05, 0.1) is 0 Å². The van der Waals surface area contributed by atoms with Gasteiger partial charge in [-0.1, -0.05) is 26.2 Å². The lowest BCUT2D eigenvalue weighted by molar-refractivity contribution is 0.100. The van der Waals surface area contributed by atoms with E-state index in [-0.39, 0.29) is 5.91 Å². The Labute approximate surface area is 115 Å². The summed E-state index contributed by atoms with van der Waals surface area (Å²) in [7, 11) is 0. The van der Waals surface area contributed by atoms with Gasteiger partial charge in [-0.25, -0.2) is 0 Å². The average molecular weight is 260 g/mol. The Kier molecular flexibility index (Phi) is 4.83. The van der Waals surface area contributed by atoms with Crippen LogP contribution in [-0.2, 0) is 0 Å². The van der Waals surface area contributed by atoms with Crippen molar-refractivity contribution in [2.75, 3.05) is 5.32 Å². The first-order valence-electron chi connectivity index (χ1n) is 7.35. The number of primary amides is 1. The van der Waals surface area contributed by atoms with Crippen molar-refractivity contribution < 1.29 is 4.79 Å². The summed E-state index contributed by atoms with van der Waals surface area (Å²) in [6, 6.07) is 8.03. The zero-order valence-corrected chi connectivity index (χ0v) is 11.7. The zero-order valence-electron chi connectivity index (χ0n) is 11.7. The minimum atomic E-state index is -0.369. The zero-order chi connectivity index (χ0) is 13.7. The van der Waals surface area contributed by atoms with Crippen LogP contribution < -0.4 is 11.1 Å². The van der Waals surface area contributed by atoms with Gasteiger partial charge < -0.3 is 11.1 Å². The second kappa shape index (κ2) is 6.60. The minimum absolute atomic E-state index is 0.369. The van der Waals surface area contributed by atoms with Crippen LogP contribution in [0.25, 0.3) is 0 Å². The van der Waals surface area contributed by atoms with E-state index in [0.29, 0.717) is 11.6 Å². The lowest BCUT2D eigenvalue weighted by atomic mass is 9.98. The lowest BCUT2D eigenvalue weighted by Crippen LogP contribution is -2.18. The Balaban J connectivity index is 1.91. The predicted molar refractivity (Wildman–Crippen MR) is 79.2 cm³/mol. The smallest absolute Gasteiger partial charge is 0.248 e. The first kappa shape index (κ1) is 13.9. The first-order chi connectivity index (χ1) is 9.19. The van der Waals surface area contributed by atoms with E-state index in [9.17, 15) is 4.79 Å². The normalized spacial score (nSPS) is 23.6. The molecule has 0 bridgehead atoms. The molecule has 2 unspecified atom stereocenters. The van der Waals surface area contributed by atoms with Crippen molar-refractivity contribution in [2.45, 2.75) is 51.5 Å². The molecule has 2 atom stereocenters. The van der Waals surface area contributed by atoms with E-state index in [1.165, 1.54) is 38.5 Å². The molecular formula is C16H24N2O. The Morgan fingerprint density at radius 3 is 2.58 bits per heavy atom. The fraction of sp³-hybridized carbons (Fsp3) is 0.562. The summed E-state index contributed by atoms with van der Waals surface area (Å²) in [6.07, 6.45) is 7.81. The largest absolute Gasteiger partial charge is 0.382 e. The molecule has 19 heavy (non-hydrogen) atoms. The number of nitrogens with two attached hydrogens (primary N) is 1.